The third-order valence-corrected chi connectivity index (χ3v) is 3.48. The molecule has 112 valence electrons. The van der Waals surface area contributed by atoms with Crippen molar-refractivity contribution in [3.63, 3.8) is 0 Å². The molecule has 0 aliphatic heterocycles. The summed E-state index contributed by atoms with van der Waals surface area (Å²) in [5.74, 6) is 1.84. The van der Waals surface area contributed by atoms with Crippen molar-refractivity contribution in [1.29, 1.82) is 0 Å². The van der Waals surface area contributed by atoms with Crippen LogP contribution in [0.2, 0.25) is 0 Å². The highest BCUT2D eigenvalue weighted by Crippen LogP contribution is 2.19. The summed E-state index contributed by atoms with van der Waals surface area (Å²) in [6.07, 6.45) is 1.02. The summed E-state index contributed by atoms with van der Waals surface area (Å²) in [5.41, 5.74) is 1.03. The van der Waals surface area contributed by atoms with Crippen LogP contribution in [0.25, 0.3) is 0 Å². The lowest BCUT2D eigenvalue weighted by atomic mass is 10.1. The zero-order valence-electron chi connectivity index (χ0n) is 10.9. The van der Waals surface area contributed by atoms with Gasteiger partial charge in [-0.25, -0.2) is 17.2 Å². The number of nitrogens with one attached hydrogen (secondary N) is 2. The van der Waals surface area contributed by atoms with Crippen LogP contribution in [0.4, 0.5) is 14.5 Å². The normalized spacial score (nSPS) is 12.8. The molecule has 0 saturated heterocycles. The van der Waals surface area contributed by atoms with Gasteiger partial charge in [0.1, 0.15) is 15.5 Å². The zero-order chi connectivity index (χ0) is 15.5. The first-order chi connectivity index (χ1) is 9.14. The van der Waals surface area contributed by atoms with E-state index in [4.69, 9.17) is 5.84 Å². The Morgan fingerprint density at radius 2 is 1.85 bits per heavy atom. The lowest BCUT2D eigenvalue weighted by Gasteiger charge is -2.13. The first-order valence-corrected chi connectivity index (χ1v) is 7.64. The van der Waals surface area contributed by atoms with E-state index >= 15 is 0 Å². The topological polar surface area (TPSA) is 101 Å². The van der Waals surface area contributed by atoms with E-state index in [1.807, 2.05) is 5.43 Å². The Hall–Kier alpha value is -1.74. The first kappa shape index (κ1) is 16.3. The highest BCUT2D eigenvalue weighted by molar-refractivity contribution is 7.90. The van der Waals surface area contributed by atoms with Crippen LogP contribution in [-0.2, 0) is 9.84 Å². The molecule has 0 bridgehead atoms. The molecule has 0 heterocycles. The van der Waals surface area contributed by atoms with E-state index in [0.29, 0.717) is 0 Å². The average molecular weight is 307 g/mol. The maximum atomic E-state index is 13.4. The molecule has 1 unspecified atom stereocenters. The minimum absolute atomic E-state index is 0.264. The predicted molar refractivity (Wildman–Crippen MR) is 70.8 cm³/mol. The van der Waals surface area contributed by atoms with E-state index < -0.39 is 39.1 Å². The summed E-state index contributed by atoms with van der Waals surface area (Å²) in [5, 5.41) is 2.34. The summed E-state index contributed by atoms with van der Waals surface area (Å²) in [6.45, 7) is 1.47. The standard InChI is InChI=1S/C11H15F2N3O3S/c1-6(5-20(2,18)19)15-11(17)7-3-8(12)10(16-14)9(13)4-7/h3-4,6,16H,5,14H2,1-2H3,(H,15,17). The van der Waals surface area contributed by atoms with Crippen molar-refractivity contribution < 1.29 is 22.0 Å². The van der Waals surface area contributed by atoms with Crippen LogP contribution in [0.3, 0.4) is 0 Å². The number of halogens is 2. The maximum Gasteiger partial charge on any atom is 0.251 e. The molecule has 1 rings (SSSR count). The van der Waals surface area contributed by atoms with Gasteiger partial charge in [0.25, 0.3) is 5.91 Å². The predicted octanol–water partition coefficient (Wildman–Crippen LogP) is 0.413. The number of benzene rings is 1. The number of sulfone groups is 1. The molecule has 0 aliphatic rings. The van der Waals surface area contributed by atoms with Gasteiger partial charge in [-0.3, -0.25) is 10.6 Å². The minimum Gasteiger partial charge on any atom is -0.349 e. The summed E-state index contributed by atoms with van der Waals surface area (Å²) in [7, 11) is -3.27. The Labute approximate surface area is 115 Å². The molecule has 0 aromatic heterocycles. The summed E-state index contributed by atoms with van der Waals surface area (Å²) in [4.78, 5) is 11.8. The Morgan fingerprint density at radius 3 is 2.25 bits per heavy atom. The van der Waals surface area contributed by atoms with Crippen LogP contribution in [0.1, 0.15) is 17.3 Å². The second-order valence-corrected chi connectivity index (χ2v) is 6.61. The number of rotatable bonds is 5. The molecule has 0 aliphatic carbocycles. The largest absolute Gasteiger partial charge is 0.349 e. The monoisotopic (exact) mass is 307 g/mol. The molecule has 4 N–H and O–H groups in total. The van der Waals surface area contributed by atoms with E-state index in [-0.39, 0.29) is 11.3 Å². The molecule has 0 fully saturated rings. The van der Waals surface area contributed by atoms with Crippen molar-refractivity contribution in [1.82, 2.24) is 5.32 Å². The van der Waals surface area contributed by atoms with Gasteiger partial charge in [-0.1, -0.05) is 0 Å². The summed E-state index contributed by atoms with van der Waals surface area (Å²) < 4.78 is 49.0. The number of hydrazine groups is 1. The molecule has 9 heteroatoms. The van der Waals surface area contributed by atoms with Gasteiger partial charge in [-0.05, 0) is 19.1 Å². The molecule has 0 spiro atoms. The Bertz CT molecular complexity index is 596. The van der Waals surface area contributed by atoms with Crippen LogP contribution in [-0.4, -0.2) is 32.4 Å². The second-order valence-electron chi connectivity index (χ2n) is 4.43. The van der Waals surface area contributed by atoms with E-state index in [0.717, 1.165) is 18.4 Å². The fourth-order valence-corrected chi connectivity index (χ4v) is 2.64. The number of nitrogen functional groups attached to an aromatic ring is 1. The number of carbonyl (C=O) groups is 1. The third kappa shape index (κ3) is 4.42. The van der Waals surface area contributed by atoms with Crippen LogP contribution in [0.5, 0.6) is 0 Å². The van der Waals surface area contributed by atoms with E-state index in [1.165, 1.54) is 6.92 Å². The van der Waals surface area contributed by atoms with Gasteiger partial charge in [0.15, 0.2) is 11.6 Å². The van der Waals surface area contributed by atoms with E-state index in [9.17, 15) is 22.0 Å². The van der Waals surface area contributed by atoms with Crippen molar-refractivity contribution in [3.8, 4) is 0 Å². The smallest absolute Gasteiger partial charge is 0.251 e. The molecule has 1 aromatic rings. The van der Waals surface area contributed by atoms with Gasteiger partial charge in [0.2, 0.25) is 0 Å². The quantitative estimate of drug-likeness (QED) is 0.540. The maximum absolute atomic E-state index is 13.4. The minimum atomic E-state index is -3.27. The van der Waals surface area contributed by atoms with Gasteiger partial charge in [-0.2, -0.15) is 0 Å². The summed E-state index contributed by atoms with van der Waals surface area (Å²) >= 11 is 0. The molecule has 20 heavy (non-hydrogen) atoms. The molecule has 1 amide bonds. The second kappa shape index (κ2) is 6.14. The van der Waals surface area contributed by atoms with E-state index in [1.54, 1.807) is 0 Å². The molecule has 6 nitrogen and oxygen atoms in total. The van der Waals surface area contributed by atoms with Gasteiger partial charge >= 0.3 is 0 Å². The number of amides is 1. The Kier molecular flexibility index (Phi) is 5.01. The van der Waals surface area contributed by atoms with Gasteiger partial charge in [0.05, 0.1) is 5.75 Å². The highest BCUT2D eigenvalue weighted by Gasteiger charge is 2.17. The van der Waals surface area contributed by atoms with Crippen LogP contribution >= 0.6 is 0 Å². The summed E-state index contributed by atoms with van der Waals surface area (Å²) in [6, 6.07) is 0.928. The van der Waals surface area contributed by atoms with Gasteiger partial charge in [0, 0.05) is 17.9 Å². The number of anilines is 1. The van der Waals surface area contributed by atoms with Crippen molar-refractivity contribution in [2.45, 2.75) is 13.0 Å². The third-order valence-electron chi connectivity index (χ3n) is 2.38. The number of hydrogen-bond acceptors (Lipinski definition) is 5. The molecular formula is C11H15F2N3O3S. The number of carbonyl (C=O) groups excluding carboxylic acids is 1. The number of hydrogen-bond donors (Lipinski definition) is 3. The molecule has 0 saturated carbocycles. The first-order valence-electron chi connectivity index (χ1n) is 5.58. The van der Waals surface area contributed by atoms with Crippen LogP contribution in [0, 0.1) is 11.6 Å². The number of nitrogens with two attached hydrogens (primary N) is 1. The average Bonchev–Trinajstić information content (AvgIpc) is 2.25. The fraction of sp³-hybridized carbons (Fsp3) is 0.364. The highest BCUT2D eigenvalue weighted by atomic mass is 32.2. The van der Waals surface area contributed by atoms with Crippen LogP contribution in [0.15, 0.2) is 12.1 Å². The fourth-order valence-electron chi connectivity index (χ4n) is 1.65. The lowest BCUT2D eigenvalue weighted by Crippen LogP contribution is -2.37. The van der Waals surface area contributed by atoms with E-state index in [2.05, 4.69) is 5.32 Å². The van der Waals surface area contributed by atoms with Crippen molar-refractivity contribution in [3.05, 3.63) is 29.3 Å². The van der Waals surface area contributed by atoms with Crippen molar-refractivity contribution in [2.24, 2.45) is 5.84 Å². The van der Waals surface area contributed by atoms with Gasteiger partial charge in [-0.15, -0.1) is 0 Å². The SMILES string of the molecule is CC(CS(C)(=O)=O)NC(=O)c1cc(F)c(NN)c(F)c1. The van der Waals surface area contributed by atoms with Crippen LogP contribution < -0.4 is 16.6 Å². The van der Waals surface area contributed by atoms with Crippen molar-refractivity contribution in [2.75, 3.05) is 17.4 Å². The molecule has 1 atom stereocenters. The lowest BCUT2D eigenvalue weighted by molar-refractivity contribution is 0.0942. The molecule has 1 aromatic carbocycles. The molecular weight excluding hydrogens is 292 g/mol. The Morgan fingerprint density at radius 1 is 1.35 bits per heavy atom. The zero-order valence-corrected chi connectivity index (χ0v) is 11.7. The molecule has 0 radical (unpaired) electrons. The Balaban J connectivity index is 2.88. The van der Waals surface area contributed by atoms with Gasteiger partial charge < -0.3 is 10.7 Å². The van der Waals surface area contributed by atoms with Crippen molar-refractivity contribution >= 4 is 21.4 Å².